The van der Waals surface area contributed by atoms with Crippen molar-refractivity contribution >= 4 is 5.91 Å². The van der Waals surface area contributed by atoms with E-state index < -0.39 is 0 Å². The Morgan fingerprint density at radius 3 is 2.08 bits per heavy atom. The van der Waals surface area contributed by atoms with Crippen molar-refractivity contribution in [2.45, 2.75) is 85.1 Å². The quantitative estimate of drug-likeness (QED) is 0.495. The smallest absolute Gasteiger partial charge is 0.234 e. The zero-order chi connectivity index (χ0) is 18.5. The first-order valence-corrected chi connectivity index (χ1v) is 10.7. The Morgan fingerprint density at radius 2 is 1.52 bits per heavy atom. The summed E-state index contributed by atoms with van der Waals surface area (Å²) in [6, 6.07) is 0.340. The fraction of sp³-hybridized carbons (Fsp3) is 0.952. The highest BCUT2D eigenvalue weighted by Crippen LogP contribution is 2.14. The Hall–Kier alpha value is -0.610. The summed E-state index contributed by atoms with van der Waals surface area (Å²) in [5.74, 6) is 1.56. The SMILES string of the molecule is CC(C)CCC(CCC(C)C)NC(=O)CNCCCN1CCCCC1. The number of carbonyl (C=O) groups is 1. The standard InChI is InChI=1S/C21H43N3O/c1-18(2)9-11-20(12-10-19(3)4)23-21(25)17-22-13-8-16-24-14-6-5-7-15-24/h18-20,22H,5-17H2,1-4H3,(H,23,25). The number of piperidine rings is 1. The van der Waals surface area contributed by atoms with Crippen molar-refractivity contribution < 1.29 is 4.79 Å². The molecule has 0 aromatic rings. The van der Waals surface area contributed by atoms with Crippen LogP contribution in [0.5, 0.6) is 0 Å². The number of nitrogens with one attached hydrogen (secondary N) is 2. The van der Waals surface area contributed by atoms with Gasteiger partial charge in [0.1, 0.15) is 0 Å². The minimum Gasteiger partial charge on any atom is -0.352 e. The van der Waals surface area contributed by atoms with Gasteiger partial charge in [-0.25, -0.2) is 0 Å². The van der Waals surface area contributed by atoms with Gasteiger partial charge in [-0.15, -0.1) is 0 Å². The predicted molar refractivity (Wildman–Crippen MR) is 108 cm³/mol. The average molecular weight is 354 g/mol. The number of likely N-dealkylation sites (tertiary alicyclic amines) is 1. The molecule has 0 atom stereocenters. The molecule has 0 aromatic carbocycles. The number of nitrogens with zero attached hydrogens (tertiary/aromatic N) is 1. The molecule has 148 valence electrons. The molecule has 1 fully saturated rings. The Morgan fingerprint density at radius 1 is 0.920 bits per heavy atom. The molecule has 25 heavy (non-hydrogen) atoms. The molecule has 0 spiro atoms. The molecule has 0 radical (unpaired) electrons. The highest BCUT2D eigenvalue weighted by Gasteiger charge is 2.14. The van der Waals surface area contributed by atoms with Gasteiger partial charge in [-0.2, -0.15) is 0 Å². The van der Waals surface area contributed by atoms with Crippen molar-refractivity contribution in [3.63, 3.8) is 0 Å². The largest absolute Gasteiger partial charge is 0.352 e. The van der Waals surface area contributed by atoms with Crippen molar-refractivity contribution in [1.82, 2.24) is 15.5 Å². The van der Waals surface area contributed by atoms with E-state index in [2.05, 4.69) is 43.2 Å². The molecule has 0 aliphatic carbocycles. The van der Waals surface area contributed by atoms with Crippen molar-refractivity contribution in [2.24, 2.45) is 11.8 Å². The van der Waals surface area contributed by atoms with E-state index in [-0.39, 0.29) is 5.91 Å². The van der Waals surface area contributed by atoms with E-state index in [9.17, 15) is 4.79 Å². The van der Waals surface area contributed by atoms with Gasteiger partial charge in [-0.3, -0.25) is 4.79 Å². The first-order valence-electron chi connectivity index (χ1n) is 10.7. The summed E-state index contributed by atoms with van der Waals surface area (Å²) in [5, 5.41) is 6.58. The Balaban J connectivity index is 2.14. The highest BCUT2D eigenvalue weighted by atomic mass is 16.1. The molecule has 4 nitrogen and oxygen atoms in total. The fourth-order valence-corrected chi connectivity index (χ4v) is 3.45. The van der Waals surface area contributed by atoms with Crippen LogP contribution in [0.3, 0.4) is 0 Å². The van der Waals surface area contributed by atoms with Crippen LogP contribution in [0.1, 0.15) is 79.1 Å². The Kier molecular flexibility index (Phi) is 12.2. The summed E-state index contributed by atoms with van der Waals surface area (Å²) in [6.07, 6.45) is 9.81. The molecular weight excluding hydrogens is 310 g/mol. The van der Waals surface area contributed by atoms with Gasteiger partial charge in [0.2, 0.25) is 5.91 Å². The zero-order valence-corrected chi connectivity index (χ0v) is 17.3. The number of hydrogen-bond acceptors (Lipinski definition) is 3. The van der Waals surface area contributed by atoms with Crippen LogP contribution in [0.25, 0.3) is 0 Å². The molecule has 1 saturated heterocycles. The second-order valence-electron chi connectivity index (χ2n) is 8.64. The third-order valence-electron chi connectivity index (χ3n) is 5.11. The van der Waals surface area contributed by atoms with Crippen molar-refractivity contribution in [3.05, 3.63) is 0 Å². The van der Waals surface area contributed by atoms with Gasteiger partial charge in [-0.05, 0) is 83.0 Å². The van der Waals surface area contributed by atoms with Crippen LogP contribution in [0.4, 0.5) is 0 Å². The number of carbonyl (C=O) groups excluding carboxylic acids is 1. The molecule has 1 aliphatic rings. The van der Waals surface area contributed by atoms with Gasteiger partial charge in [-0.1, -0.05) is 34.1 Å². The zero-order valence-electron chi connectivity index (χ0n) is 17.3. The monoisotopic (exact) mass is 353 g/mol. The molecule has 0 aromatic heterocycles. The first kappa shape index (κ1) is 22.4. The summed E-state index contributed by atoms with van der Waals surface area (Å²) in [7, 11) is 0. The molecule has 2 N–H and O–H groups in total. The third kappa shape index (κ3) is 12.4. The molecular formula is C21H43N3O. The molecule has 1 amide bonds. The van der Waals surface area contributed by atoms with Gasteiger partial charge in [0, 0.05) is 6.04 Å². The second-order valence-corrected chi connectivity index (χ2v) is 8.64. The predicted octanol–water partition coefficient (Wildman–Crippen LogP) is 3.81. The topological polar surface area (TPSA) is 44.4 Å². The van der Waals surface area contributed by atoms with Crippen LogP contribution in [-0.4, -0.2) is 49.6 Å². The molecule has 1 heterocycles. The van der Waals surface area contributed by atoms with Gasteiger partial charge in [0.05, 0.1) is 6.54 Å². The van der Waals surface area contributed by atoms with E-state index in [1.165, 1.54) is 51.7 Å². The molecule has 0 saturated carbocycles. The Bertz CT molecular complexity index is 326. The maximum absolute atomic E-state index is 12.2. The summed E-state index contributed by atoms with van der Waals surface area (Å²) < 4.78 is 0. The van der Waals surface area contributed by atoms with Crippen molar-refractivity contribution in [3.8, 4) is 0 Å². The van der Waals surface area contributed by atoms with Crippen LogP contribution in [0.2, 0.25) is 0 Å². The van der Waals surface area contributed by atoms with Crippen LogP contribution in [0.15, 0.2) is 0 Å². The lowest BCUT2D eigenvalue weighted by molar-refractivity contribution is -0.121. The molecule has 0 bridgehead atoms. The van der Waals surface area contributed by atoms with Gasteiger partial charge in [0.15, 0.2) is 0 Å². The Labute approximate surface area is 156 Å². The summed E-state index contributed by atoms with van der Waals surface area (Å²) in [4.78, 5) is 14.8. The van der Waals surface area contributed by atoms with Crippen LogP contribution < -0.4 is 10.6 Å². The fourth-order valence-electron chi connectivity index (χ4n) is 3.45. The lowest BCUT2D eigenvalue weighted by Gasteiger charge is -2.26. The number of amides is 1. The van der Waals surface area contributed by atoms with E-state index in [4.69, 9.17) is 0 Å². The van der Waals surface area contributed by atoms with Crippen LogP contribution in [-0.2, 0) is 4.79 Å². The van der Waals surface area contributed by atoms with E-state index >= 15 is 0 Å². The van der Waals surface area contributed by atoms with Crippen LogP contribution in [0, 0.1) is 11.8 Å². The molecule has 1 aliphatic heterocycles. The maximum Gasteiger partial charge on any atom is 0.234 e. The minimum atomic E-state index is 0.162. The lowest BCUT2D eigenvalue weighted by atomic mass is 9.97. The number of rotatable bonds is 13. The van der Waals surface area contributed by atoms with E-state index in [0.717, 1.165) is 25.8 Å². The van der Waals surface area contributed by atoms with E-state index in [1.54, 1.807) is 0 Å². The summed E-state index contributed by atoms with van der Waals surface area (Å²) in [5.41, 5.74) is 0. The molecule has 4 heteroatoms. The maximum atomic E-state index is 12.2. The number of hydrogen-bond donors (Lipinski definition) is 2. The van der Waals surface area contributed by atoms with Crippen LogP contribution >= 0.6 is 0 Å². The highest BCUT2D eigenvalue weighted by molar-refractivity contribution is 5.78. The van der Waals surface area contributed by atoms with Crippen molar-refractivity contribution in [1.29, 1.82) is 0 Å². The molecule has 0 unspecified atom stereocenters. The normalized spacial score (nSPS) is 16.1. The van der Waals surface area contributed by atoms with Gasteiger partial charge >= 0.3 is 0 Å². The average Bonchev–Trinajstić information content (AvgIpc) is 2.57. The van der Waals surface area contributed by atoms with Gasteiger partial charge < -0.3 is 15.5 Å². The van der Waals surface area contributed by atoms with E-state index in [1.807, 2.05) is 0 Å². The summed E-state index contributed by atoms with van der Waals surface area (Å²) in [6.45, 7) is 14.1. The van der Waals surface area contributed by atoms with Crippen molar-refractivity contribution in [2.75, 3.05) is 32.7 Å². The molecule has 1 rings (SSSR count). The minimum absolute atomic E-state index is 0.162. The third-order valence-corrected chi connectivity index (χ3v) is 5.11. The lowest BCUT2D eigenvalue weighted by Crippen LogP contribution is -2.41. The summed E-state index contributed by atoms with van der Waals surface area (Å²) >= 11 is 0. The first-order chi connectivity index (χ1) is 12.0. The second kappa shape index (κ2) is 13.6. The van der Waals surface area contributed by atoms with E-state index in [0.29, 0.717) is 24.4 Å². The van der Waals surface area contributed by atoms with Gasteiger partial charge in [0.25, 0.3) is 0 Å².